The number of carbonyl (C=O) groups is 2. The van der Waals surface area contributed by atoms with E-state index in [1.807, 2.05) is 0 Å². The molecule has 86 valence electrons. The molecule has 0 aliphatic carbocycles. The zero-order valence-corrected chi connectivity index (χ0v) is 8.69. The molecule has 0 unspecified atom stereocenters. The van der Waals surface area contributed by atoms with Crippen molar-refractivity contribution in [1.29, 1.82) is 0 Å². The molecule has 0 fully saturated rings. The minimum atomic E-state index is -0.587. The first-order chi connectivity index (χ1) is 7.50. The molecule has 6 heteroatoms. The second-order valence-corrected chi connectivity index (χ2v) is 3.31. The highest BCUT2D eigenvalue weighted by Gasteiger charge is 2.06. The van der Waals surface area contributed by atoms with Crippen LogP contribution in [0.5, 0.6) is 0 Å². The van der Waals surface area contributed by atoms with E-state index in [9.17, 15) is 9.59 Å². The van der Waals surface area contributed by atoms with E-state index < -0.39 is 11.8 Å². The van der Waals surface area contributed by atoms with Crippen molar-refractivity contribution in [3.05, 3.63) is 23.8 Å². The number of anilines is 2. The summed E-state index contributed by atoms with van der Waals surface area (Å²) in [7, 11) is 0. The summed E-state index contributed by atoms with van der Waals surface area (Å²) in [5.74, 6) is -0.978. The fourth-order valence-corrected chi connectivity index (χ4v) is 1.21. The van der Waals surface area contributed by atoms with Gasteiger partial charge in [-0.2, -0.15) is 0 Å². The normalized spacial score (nSPS) is 9.75. The molecule has 2 amide bonds. The van der Waals surface area contributed by atoms with Gasteiger partial charge in [-0.25, -0.2) is 0 Å². The quantitative estimate of drug-likeness (QED) is 0.508. The smallest absolute Gasteiger partial charge is 0.250 e. The van der Waals surface area contributed by atoms with Crippen LogP contribution in [0.3, 0.4) is 0 Å². The molecule has 0 radical (unpaired) electrons. The van der Waals surface area contributed by atoms with Crippen molar-refractivity contribution >= 4 is 23.2 Å². The van der Waals surface area contributed by atoms with E-state index >= 15 is 0 Å². The van der Waals surface area contributed by atoms with Crippen molar-refractivity contribution in [2.45, 2.75) is 6.42 Å². The Balaban J connectivity index is 2.71. The third-order valence-electron chi connectivity index (χ3n) is 2.02. The van der Waals surface area contributed by atoms with Crippen LogP contribution in [-0.2, 0) is 4.79 Å². The monoisotopic (exact) mass is 222 g/mol. The first-order valence-electron chi connectivity index (χ1n) is 4.72. The zero-order valence-electron chi connectivity index (χ0n) is 8.69. The molecule has 0 saturated heterocycles. The lowest BCUT2D eigenvalue weighted by atomic mass is 10.1. The largest absolute Gasteiger partial charge is 0.398 e. The Labute approximate surface area is 92.8 Å². The summed E-state index contributed by atoms with van der Waals surface area (Å²) in [6.07, 6.45) is 0.219. The summed E-state index contributed by atoms with van der Waals surface area (Å²) < 4.78 is 0. The topological polar surface area (TPSA) is 124 Å². The summed E-state index contributed by atoms with van der Waals surface area (Å²) in [6.45, 7) is 0.400. The minimum absolute atomic E-state index is 0.219. The Bertz CT molecular complexity index is 417. The molecule has 0 aromatic heterocycles. The van der Waals surface area contributed by atoms with Crippen molar-refractivity contribution in [2.24, 2.45) is 11.5 Å². The predicted octanol–water partition coefficient (Wildman–Crippen LogP) is -0.345. The maximum absolute atomic E-state index is 11.0. The minimum Gasteiger partial charge on any atom is -0.398 e. The molecule has 0 aliphatic rings. The van der Waals surface area contributed by atoms with E-state index in [1.54, 1.807) is 18.2 Å². The van der Waals surface area contributed by atoms with E-state index in [1.165, 1.54) is 0 Å². The number of primary amides is 2. The molecule has 0 saturated carbocycles. The lowest BCUT2D eigenvalue weighted by Crippen LogP contribution is -2.17. The average molecular weight is 222 g/mol. The molecule has 1 rings (SSSR count). The van der Waals surface area contributed by atoms with Crippen molar-refractivity contribution in [3.63, 3.8) is 0 Å². The van der Waals surface area contributed by atoms with Crippen molar-refractivity contribution in [2.75, 3.05) is 17.6 Å². The van der Waals surface area contributed by atoms with Crippen LogP contribution in [0.15, 0.2) is 18.2 Å². The lowest BCUT2D eigenvalue weighted by molar-refractivity contribution is -0.117. The third kappa shape index (κ3) is 3.16. The van der Waals surface area contributed by atoms with Gasteiger partial charge in [0.15, 0.2) is 0 Å². The Hall–Kier alpha value is -2.24. The van der Waals surface area contributed by atoms with Gasteiger partial charge in [-0.05, 0) is 18.2 Å². The standard InChI is InChI=1S/C10H14N4O2/c11-8-2-1-6(5-7(8)10(13)16)14-4-3-9(12)15/h1-2,5,14H,3-4,11H2,(H2,12,15)(H2,13,16). The van der Waals surface area contributed by atoms with Crippen LogP contribution in [0.1, 0.15) is 16.8 Å². The summed E-state index contributed by atoms with van der Waals surface area (Å²) in [5.41, 5.74) is 16.9. The van der Waals surface area contributed by atoms with Crippen LogP contribution in [-0.4, -0.2) is 18.4 Å². The van der Waals surface area contributed by atoms with Crippen LogP contribution in [0.2, 0.25) is 0 Å². The van der Waals surface area contributed by atoms with Gasteiger partial charge in [0.1, 0.15) is 0 Å². The van der Waals surface area contributed by atoms with Gasteiger partial charge in [0.2, 0.25) is 5.91 Å². The van der Waals surface area contributed by atoms with Crippen LogP contribution < -0.4 is 22.5 Å². The summed E-state index contributed by atoms with van der Waals surface area (Å²) >= 11 is 0. The molecular formula is C10H14N4O2. The number of rotatable bonds is 5. The highest BCUT2D eigenvalue weighted by atomic mass is 16.1. The van der Waals surface area contributed by atoms with Gasteiger partial charge in [0.25, 0.3) is 5.91 Å². The molecule has 16 heavy (non-hydrogen) atoms. The Kier molecular flexibility index (Phi) is 3.71. The second-order valence-electron chi connectivity index (χ2n) is 3.31. The van der Waals surface area contributed by atoms with Crippen LogP contribution in [0.25, 0.3) is 0 Å². The van der Waals surface area contributed by atoms with Gasteiger partial charge in [-0.15, -0.1) is 0 Å². The van der Waals surface area contributed by atoms with E-state index in [2.05, 4.69) is 5.32 Å². The maximum atomic E-state index is 11.0. The fourth-order valence-electron chi connectivity index (χ4n) is 1.21. The van der Waals surface area contributed by atoms with Crippen molar-refractivity contribution in [3.8, 4) is 0 Å². The zero-order chi connectivity index (χ0) is 12.1. The maximum Gasteiger partial charge on any atom is 0.250 e. The van der Waals surface area contributed by atoms with Crippen molar-refractivity contribution < 1.29 is 9.59 Å². The van der Waals surface area contributed by atoms with E-state index in [0.29, 0.717) is 17.9 Å². The molecule has 7 N–H and O–H groups in total. The molecule has 0 heterocycles. The number of nitrogen functional groups attached to an aromatic ring is 1. The molecule has 0 spiro atoms. The van der Waals surface area contributed by atoms with Crippen LogP contribution in [0, 0.1) is 0 Å². The Morgan fingerprint density at radius 3 is 2.50 bits per heavy atom. The van der Waals surface area contributed by atoms with E-state index in [0.717, 1.165) is 0 Å². The molecule has 0 bridgehead atoms. The summed E-state index contributed by atoms with van der Waals surface area (Å²) in [4.78, 5) is 21.5. The van der Waals surface area contributed by atoms with E-state index in [4.69, 9.17) is 17.2 Å². The SMILES string of the molecule is NC(=O)CCNc1ccc(N)c(C(N)=O)c1. The number of nitrogens with one attached hydrogen (secondary N) is 1. The highest BCUT2D eigenvalue weighted by Crippen LogP contribution is 2.17. The number of carbonyl (C=O) groups excluding carboxylic acids is 2. The van der Waals surface area contributed by atoms with Crippen LogP contribution in [0.4, 0.5) is 11.4 Å². The number of hydrogen-bond donors (Lipinski definition) is 4. The predicted molar refractivity (Wildman–Crippen MR) is 61.7 cm³/mol. The van der Waals surface area contributed by atoms with Gasteiger partial charge >= 0.3 is 0 Å². The Morgan fingerprint density at radius 2 is 1.94 bits per heavy atom. The Morgan fingerprint density at radius 1 is 1.25 bits per heavy atom. The molecule has 0 aliphatic heterocycles. The first kappa shape index (κ1) is 11.8. The van der Waals surface area contributed by atoms with Gasteiger partial charge < -0.3 is 22.5 Å². The van der Waals surface area contributed by atoms with Crippen molar-refractivity contribution in [1.82, 2.24) is 0 Å². The van der Waals surface area contributed by atoms with Gasteiger partial charge in [0.05, 0.1) is 5.56 Å². The lowest BCUT2D eigenvalue weighted by Gasteiger charge is -2.07. The molecule has 0 atom stereocenters. The first-order valence-corrected chi connectivity index (χ1v) is 4.72. The molecule has 1 aromatic rings. The van der Waals surface area contributed by atoms with Crippen LogP contribution >= 0.6 is 0 Å². The number of nitrogens with two attached hydrogens (primary N) is 3. The third-order valence-corrected chi connectivity index (χ3v) is 2.02. The number of benzene rings is 1. The highest BCUT2D eigenvalue weighted by molar-refractivity contribution is 5.98. The molecule has 6 nitrogen and oxygen atoms in total. The second kappa shape index (κ2) is 5.01. The van der Waals surface area contributed by atoms with Gasteiger partial charge in [0, 0.05) is 24.3 Å². The van der Waals surface area contributed by atoms with Gasteiger partial charge in [-0.3, -0.25) is 9.59 Å². The van der Waals surface area contributed by atoms with Gasteiger partial charge in [-0.1, -0.05) is 0 Å². The van der Waals surface area contributed by atoms with E-state index in [-0.39, 0.29) is 12.0 Å². The average Bonchev–Trinajstić information content (AvgIpc) is 2.19. The number of hydrogen-bond acceptors (Lipinski definition) is 4. The summed E-state index contributed by atoms with van der Waals surface area (Å²) in [5, 5.41) is 2.93. The summed E-state index contributed by atoms with van der Waals surface area (Å²) in [6, 6.07) is 4.81. The molecular weight excluding hydrogens is 208 g/mol. The fraction of sp³-hybridized carbons (Fsp3) is 0.200. The number of amides is 2. The molecule has 1 aromatic carbocycles.